The van der Waals surface area contributed by atoms with Crippen LogP contribution in [0.25, 0.3) is 0 Å². The van der Waals surface area contributed by atoms with Crippen molar-refractivity contribution < 1.29 is 8.42 Å². The van der Waals surface area contributed by atoms with Crippen LogP contribution in [0, 0.1) is 6.92 Å². The second-order valence-corrected chi connectivity index (χ2v) is 8.91. The highest BCUT2D eigenvalue weighted by Crippen LogP contribution is 2.17. The topological polar surface area (TPSA) is 55.2 Å². The number of fused-ring (bicyclic) bond motifs is 1. The quantitative estimate of drug-likeness (QED) is 0.762. The van der Waals surface area contributed by atoms with Crippen LogP contribution in [0.1, 0.15) is 41.9 Å². The zero-order valence-electron chi connectivity index (χ0n) is 15.1. The lowest BCUT2D eigenvalue weighted by atomic mass is 10.0. The third-order valence-corrected chi connectivity index (χ3v) is 6.13. The van der Waals surface area contributed by atoms with Crippen molar-refractivity contribution in [2.75, 3.05) is 12.8 Å². The predicted molar refractivity (Wildman–Crippen MR) is 99.9 cm³/mol. The van der Waals surface area contributed by atoms with Gasteiger partial charge in [0.05, 0.1) is 18.5 Å². The highest BCUT2D eigenvalue weighted by molar-refractivity contribution is 7.88. The van der Waals surface area contributed by atoms with Gasteiger partial charge in [0.1, 0.15) is 5.82 Å². The van der Waals surface area contributed by atoms with Gasteiger partial charge in [-0.2, -0.15) is 4.31 Å². The second kappa shape index (κ2) is 7.70. The van der Waals surface area contributed by atoms with Gasteiger partial charge in [-0.15, -0.1) is 0 Å². The van der Waals surface area contributed by atoms with E-state index in [1.165, 1.54) is 30.2 Å². The Hall–Kier alpha value is -1.66. The molecule has 5 nitrogen and oxygen atoms in total. The van der Waals surface area contributed by atoms with Gasteiger partial charge in [-0.1, -0.05) is 24.3 Å². The lowest BCUT2D eigenvalue weighted by Crippen LogP contribution is -2.31. The van der Waals surface area contributed by atoms with E-state index in [0.29, 0.717) is 13.1 Å². The van der Waals surface area contributed by atoms with E-state index in [4.69, 9.17) is 0 Å². The summed E-state index contributed by atoms with van der Waals surface area (Å²) in [6.45, 7) is 3.98. The van der Waals surface area contributed by atoms with Crippen molar-refractivity contribution in [2.45, 2.75) is 52.1 Å². The number of sulfonamides is 1. The Morgan fingerprint density at radius 1 is 1.24 bits per heavy atom. The van der Waals surface area contributed by atoms with E-state index in [2.05, 4.69) is 28.6 Å². The maximum atomic E-state index is 12.2. The van der Waals surface area contributed by atoms with Crippen LogP contribution in [-0.4, -0.2) is 35.1 Å². The smallest absolute Gasteiger partial charge is 0.211 e. The minimum Gasteiger partial charge on any atom is -0.335 e. The Labute approximate surface area is 150 Å². The Morgan fingerprint density at radius 2 is 2.04 bits per heavy atom. The van der Waals surface area contributed by atoms with Gasteiger partial charge in [0, 0.05) is 25.7 Å². The fraction of sp³-hybridized carbons (Fsp3) is 0.526. The molecule has 0 bridgehead atoms. The summed E-state index contributed by atoms with van der Waals surface area (Å²) in [4.78, 5) is 4.64. The summed E-state index contributed by atoms with van der Waals surface area (Å²) in [5, 5.41) is 0. The average molecular weight is 362 g/mol. The van der Waals surface area contributed by atoms with Crippen LogP contribution < -0.4 is 0 Å². The fourth-order valence-electron chi connectivity index (χ4n) is 3.43. The minimum absolute atomic E-state index is 0.368. The van der Waals surface area contributed by atoms with Crippen LogP contribution in [0.5, 0.6) is 0 Å². The molecule has 2 aromatic rings. The summed E-state index contributed by atoms with van der Waals surface area (Å²) in [5.41, 5.74) is 3.40. The van der Waals surface area contributed by atoms with Crippen molar-refractivity contribution in [1.82, 2.24) is 13.9 Å². The zero-order chi connectivity index (χ0) is 17.9. The second-order valence-electron chi connectivity index (χ2n) is 6.93. The number of hydrogen-bond acceptors (Lipinski definition) is 3. The van der Waals surface area contributed by atoms with E-state index in [1.54, 1.807) is 4.31 Å². The molecule has 1 aliphatic heterocycles. The molecule has 1 aliphatic rings. The van der Waals surface area contributed by atoms with Crippen LogP contribution in [0.2, 0.25) is 0 Å². The molecular weight excluding hydrogens is 334 g/mol. The Kier molecular flexibility index (Phi) is 5.59. The molecule has 25 heavy (non-hydrogen) atoms. The number of nitrogens with zero attached hydrogens (tertiary/aromatic N) is 3. The number of rotatable bonds is 7. The fourth-order valence-corrected chi connectivity index (χ4v) is 4.25. The first-order valence-corrected chi connectivity index (χ1v) is 10.8. The van der Waals surface area contributed by atoms with E-state index >= 15 is 0 Å². The van der Waals surface area contributed by atoms with E-state index in [1.807, 2.05) is 18.3 Å². The lowest BCUT2D eigenvalue weighted by Gasteiger charge is -2.19. The largest absolute Gasteiger partial charge is 0.335 e. The van der Waals surface area contributed by atoms with Crippen molar-refractivity contribution in [2.24, 2.45) is 0 Å². The van der Waals surface area contributed by atoms with Crippen LogP contribution in [0.4, 0.5) is 0 Å². The van der Waals surface area contributed by atoms with E-state index in [-0.39, 0.29) is 0 Å². The van der Waals surface area contributed by atoms with Gasteiger partial charge in [-0.05, 0) is 43.7 Å². The van der Waals surface area contributed by atoms with Crippen LogP contribution >= 0.6 is 0 Å². The van der Waals surface area contributed by atoms with Crippen molar-refractivity contribution in [3.8, 4) is 0 Å². The molecule has 3 rings (SSSR count). The first-order valence-electron chi connectivity index (χ1n) is 8.98. The van der Waals surface area contributed by atoms with E-state index in [0.717, 1.165) is 37.3 Å². The molecule has 0 spiro atoms. The molecule has 1 aromatic carbocycles. The third-order valence-electron chi connectivity index (χ3n) is 4.88. The molecule has 0 unspecified atom stereocenters. The number of aromatic nitrogens is 2. The molecule has 0 radical (unpaired) electrons. The standard InChI is InChI=1S/C19H27N3O2S/c1-16-8-3-4-9-17(16)10-7-13-22(25(2,23)24)15-18-14-21-12-6-5-11-19(21)20-18/h3-4,8-9,14H,5-7,10-13,15H2,1-2H3. The molecule has 1 aromatic heterocycles. The Balaban J connectivity index is 1.64. The van der Waals surface area contributed by atoms with E-state index in [9.17, 15) is 8.42 Å². The third kappa shape index (κ3) is 4.70. The molecule has 6 heteroatoms. The van der Waals surface area contributed by atoms with Crippen molar-refractivity contribution in [3.63, 3.8) is 0 Å². The van der Waals surface area contributed by atoms with Crippen LogP contribution in [0.15, 0.2) is 30.5 Å². The summed E-state index contributed by atoms with van der Waals surface area (Å²) >= 11 is 0. The molecular formula is C19H27N3O2S. The highest BCUT2D eigenvalue weighted by atomic mass is 32.2. The maximum absolute atomic E-state index is 12.2. The molecule has 0 atom stereocenters. The van der Waals surface area contributed by atoms with Gasteiger partial charge in [0.2, 0.25) is 10.0 Å². The summed E-state index contributed by atoms with van der Waals surface area (Å²) < 4.78 is 28.1. The van der Waals surface area contributed by atoms with Crippen molar-refractivity contribution in [3.05, 3.63) is 53.1 Å². The van der Waals surface area contributed by atoms with Gasteiger partial charge >= 0.3 is 0 Å². The molecule has 0 aliphatic carbocycles. The van der Waals surface area contributed by atoms with Gasteiger partial charge in [0.15, 0.2) is 0 Å². The summed E-state index contributed by atoms with van der Waals surface area (Å²) in [7, 11) is -3.24. The predicted octanol–water partition coefficient (Wildman–Crippen LogP) is 2.92. The molecule has 0 fully saturated rings. The molecule has 0 N–H and O–H groups in total. The van der Waals surface area contributed by atoms with Gasteiger partial charge in [-0.3, -0.25) is 0 Å². The SMILES string of the molecule is Cc1ccccc1CCCN(Cc1cn2c(n1)CCCC2)S(C)(=O)=O. The van der Waals surface area contributed by atoms with Gasteiger partial charge in [0.25, 0.3) is 0 Å². The van der Waals surface area contributed by atoms with E-state index < -0.39 is 10.0 Å². The Morgan fingerprint density at radius 3 is 2.76 bits per heavy atom. The molecule has 0 amide bonds. The number of benzene rings is 1. The summed E-state index contributed by atoms with van der Waals surface area (Å²) in [6, 6.07) is 8.28. The maximum Gasteiger partial charge on any atom is 0.211 e. The lowest BCUT2D eigenvalue weighted by molar-refractivity contribution is 0.399. The number of hydrogen-bond donors (Lipinski definition) is 0. The normalized spacial score (nSPS) is 14.7. The highest BCUT2D eigenvalue weighted by Gasteiger charge is 2.20. The molecule has 136 valence electrons. The first kappa shape index (κ1) is 18.1. The van der Waals surface area contributed by atoms with Crippen LogP contribution in [0.3, 0.4) is 0 Å². The summed E-state index contributed by atoms with van der Waals surface area (Å²) in [5.74, 6) is 1.09. The molecule has 0 saturated heterocycles. The first-order chi connectivity index (χ1) is 11.9. The zero-order valence-corrected chi connectivity index (χ0v) is 15.9. The van der Waals surface area contributed by atoms with Crippen LogP contribution in [-0.2, 0) is 36.0 Å². The minimum atomic E-state index is -3.24. The molecule has 0 saturated carbocycles. The van der Waals surface area contributed by atoms with Crippen molar-refractivity contribution in [1.29, 1.82) is 0 Å². The van der Waals surface area contributed by atoms with Gasteiger partial charge in [-0.25, -0.2) is 13.4 Å². The summed E-state index contributed by atoms with van der Waals surface area (Å²) in [6.07, 6.45) is 8.35. The van der Waals surface area contributed by atoms with Crippen molar-refractivity contribution >= 4 is 10.0 Å². The average Bonchev–Trinajstić information content (AvgIpc) is 2.97. The Bertz CT molecular complexity index is 803. The van der Waals surface area contributed by atoms with Gasteiger partial charge < -0.3 is 4.57 Å². The number of imidazole rings is 1. The molecule has 2 heterocycles. The number of aryl methyl sites for hydroxylation is 4. The monoisotopic (exact) mass is 361 g/mol.